The normalized spacial score (nSPS) is 9.44. The summed E-state index contributed by atoms with van der Waals surface area (Å²) in [7, 11) is 4.61. The quantitative estimate of drug-likeness (QED) is 0.686. The highest BCUT2D eigenvalue weighted by atomic mass is 16.5. The van der Waals surface area contributed by atoms with E-state index in [1.165, 1.54) is 14.2 Å². The van der Waals surface area contributed by atoms with Crippen LogP contribution in [0.15, 0.2) is 12.1 Å². The number of methoxy groups -OCH3 is 3. The molecule has 16 heavy (non-hydrogen) atoms. The topological polar surface area (TPSA) is 54.0 Å². The molecule has 0 aliphatic carbocycles. The molecule has 1 aromatic rings. The lowest BCUT2D eigenvalue weighted by Crippen LogP contribution is -1.98. The van der Waals surface area contributed by atoms with Gasteiger partial charge in [0.2, 0.25) is 0 Å². The Hall–Kier alpha value is -1.91. The summed E-state index contributed by atoms with van der Waals surface area (Å²) in [6, 6.07) is 3.39. The van der Waals surface area contributed by atoms with Crippen LogP contribution < -0.4 is 14.2 Å². The van der Waals surface area contributed by atoms with Crippen LogP contribution in [0.5, 0.6) is 17.2 Å². The molecule has 0 spiro atoms. The number of carbonyl (C=O) groups is 1. The molecular formula is C11H14O5. The molecule has 5 heteroatoms. The van der Waals surface area contributed by atoms with Crippen LogP contribution in [0.2, 0.25) is 0 Å². The zero-order chi connectivity index (χ0) is 12.0. The van der Waals surface area contributed by atoms with Crippen LogP contribution >= 0.6 is 0 Å². The summed E-state index contributed by atoms with van der Waals surface area (Å²) in [6.07, 6.45) is 0. The molecule has 0 heterocycles. The van der Waals surface area contributed by atoms with Crippen LogP contribution in [0, 0.1) is 0 Å². The fraction of sp³-hybridized carbons (Fsp3) is 0.364. The van der Waals surface area contributed by atoms with Crippen LogP contribution in [-0.4, -0.2) is 27.8 Å². The van der Waals surface area contributed by atoms with Crippen molar-refractivity contribution in [2.45, 2.75) is 6.61 Å². The van der Waals surface area contributed by atoms with Crippen molar-refractivity contribution in [1.82, 2.24) is 0 Å². The minimum Gasteiger partial charge on any atom is -0.496 e. The monoisotopic (exact) mass is 226 g/mol. The van der Waals surface area contributed by atoms with Crippen molar-refractivity contribution < 1.29 is 23.7 Å². The number of hydrogen-bond donors (Lipinski definition) is 0. The number of benzene rings is 1. The van der Waals surface area contributed by atoms with Gasteiger partial charge >= 0.3 is 0 Å². The molecule has 0 aromatic heterocycles. The maximum atomic E-state index is 10.1. The highest BCUT2D eigenvalue weighted by molar-refractivity contribution is 5.51. The molecule has 0 fully saturated rings. The van der Waals surface area contributed by atoms with E-state index >= 15 is 0 Å². The number of rotatable bonds is 6. The molecule has 0 atom stereocenters. The number of ether oxygens (including phenoxy) is 4. The largest absolute Gasteiger partial charge is 0.496 e. The van der Waals surface area contributed by atoms with E-state index < -0.39 is 0 Å². The second-order valence-electron chi connectivity index (χ2n) is 2.93. The van der Waals surface area contributed by atoms with Gasteiger partial charge < -0.3 is 18.9 Å². The Labute approximate surface area is 93.9 Å². The summed E-state index contributed by atoms with van der Waals surface area (Å²) >= 11 is 0. The van der Waals surface area contributed by atoms with Gasteiger partial charge in [0.25, 0.3) is 6.47 Å². The maximum absolute atomic E-state index is 10.1. The van der Waals surface area contributed by atoms with Gasteiger partial charge in [-0.25, -0.2) is 0 Å². The second-order valence-corrected chi connectivity index (χ2v) is 2.93. The van der Waals surface area contributed by atoms with Gasteiger partial charge in [-0.2, -0.15) is 0 Å². The molecule has 0 amide bonds. The zero-order valence-corrected chi connectivity index (χ0v) is 9.48. The third-order valence-electron chi connectivity index (χ3n) is 2.09. The number of carbonyl (C=O) groups excluding carboxylic acids is 1. The first-order chi connectivity index (χ1) is 7.76. The average molecular weight is 226 g/mol. The third-order valence-corrected chi connectivity index (χ3v) is 2.09. The van der Waals surface area contributed by atoms with Crippen molar-refractivity contribution in [1.29, 1.82) is 0 Å². The first-order valence-corrected chi connectivity index (χ1v) is 4.61. The molecule has 5 nitrogen and oxygen atoms in total. The second kappa shape index (κ2) is 5.85. The van der Waals surface area contributed by atoms with Crippen molar-refractivity contribution in [3.8, 4) is 17.2 Å². The third kappa shape index (κ3) is 2.56. The average Bonchev–Trinajstić information content (AvgIpc) is 2.35. The van der Waals surface area contributed by atoms with E-state index in [9.17, 15) is 4.79 Å². The van der Waals surface area contributed by atoms with E-state index in [0.717, 1.165) is 0 Å². The molecule has 0 aliphatic rings. The van der Waals surface area contributed by atoms with E-state index in [0.29, 0.717) is 29.3 Å². The van der Waals surface area contributed by atoms with Crippen LogP contribution in [0.1, 0.15) is 5.56 Å². The van der Waals surface area contributed by atoms with Crippen molar-refractivity contribution in [3.63, 3.8) is 0 Å². The Bertz CT molecular complexity index is 362. The lowest BCUT2D eigenvalue weighted by Gasteiger charge is -2.13. The Kier molecular flexibility index (Phi) is 4.44. The molecule has 0 saturated carbocycles. The van der Waals surface area contributed by atoms with Gasteiger partial charge in [0.1, 0.15) is 12.4 Å². The van der Waals surface area contributed by atoms with Gasteiger partial charge in [-0.05, 0) is 6.07 Å². The highest BCUT2D eigenvalue weighted by Gasteiger charge is 2.11. The SMILES string of the molecule is COc1cc(OC)c(OC)cc1COC=O. The van der Waals surface area contributed by atoms with Crippen molar-refractivity contribution in [2.24, 2.45) is 0 Å². The van der Waals surface area contributed by atoms with E-state index in [1.807, 2.05) is 0 Å². The summed E-state index contributed by atoms with van der Waals surface area (Å²) < 4.78 is 20.1. The highest BCUT2D eigenvalue weighted by Crippen LogP contribution is 2.34. The lowest BCUT2D eigenvalue weighted by atomic mass is 10.2. The summed E-state index contributed by atoms with van der Waals surface area (Å²) in [6.45, 7) is 0.517. The Morgan fingerprint density at radius 2 is 1.56 bits per heavy atom. The molecule has 0 unspecified atom stereocenters. The maximum Gasteiger partial charge on any atom is 0.293 e. The molecule has 0 saturated heterocycles. The first-order valence-electron chi connectivity index (χ1n) is 4.61. The van der Waals surface area contributed by atoms with E-state index in [4.69, 9.17) is 14.2 Å². The number of hydrogen-bond acceptors (Lipinski definition) is 5. The summed E-state index contributed by atoms with van der Waals surface area (Å²) in [5, 5.41) is 0. The summed E-state index contributed by atoms with van der Waals surface area (Å²) in [5.74, 6) is 1.71. The predicted octanol–water partition coefficient (Wildman–Crippen LogP) is 1.39. The van der Waals surface area contributed by atoms with Crippen molar-refractivity contribution in [2.75, 3.05) is 21.3 Å². The fourth-order valence-corrected chi connectivity index (χ4v) is 1.33. The molecule has 1 aromatic carbocycles. The molecule has 88 valence electrons. The minimum atomic E-state index is 0.132. The molecular weight excluding hydrogens is 212 g/mol. The van der Waals surface area contributed by atoms with E-state index in [1.54, 1.807) is 19.2 Å². The van der Waals surface area contributed by atoms with Crippen LogP contribution in [0.25, 0.3) is 0 Å². The van der Waals surface area contributed by atoms with Gasteiger partial charge in [0.05, 0.1) is 21.3 Å². The lowest BCUT2D eigenvalue weighted by molar-refractivity contribution is -0.129. The molecule has 0 radical (unpaired) electrons. The van der Waals surface area contributed by atoms with Crippen LogP contribution in [-0.2, 0) is 16.1 Å². The predicted molar refractivity (Wildman–Crippen MR) is 57.0 cm³/mol. The van der Waals surface area contributed by atoms with Crippen molar-refractivity contribution >= 4 is 6.47 Å². The van der Waals surface area contributed by atoms with Gasteiger partial charge in [-0.15, -0.1) is 0 Å². The molecule has 1 rings (SSSR count). The van der Waals surface area contributed by atoms with E-state index in [2.05, 4.69) is 4.74 Å². The van der Waals surface area contributed by atoms with Crippen LogP contribution in [0.3, 0.4) is 0 Å². The minimum absolute atomic E-state index is 0.132. The Morgan fingerprint density at radius 1 is 1.00 bits per heavy atom. The Balaban J connectivity index is 3.09. The van der Waals surface area contributed by atoms with Crippen molar-refractivity contribution in [3.05, 3.63) is 17.7 Å². The Morgan fingerprint density at radius 3 is 2.06 bits per heavy atom. The molecule has 0 N–H and O–H groups in total. The zero-order valence-electron chi connectivity index (χ0n) is 9.48. The standard InChI is InChI=1S/C11H14O5/c1-13-9-5-11(15-3)10(14-2)4-8(9)6-16-7-12/h4-5,7H,6H2,1-3H3. The van der Waals surface area contributed by atoms with Gasteiger partial charge in [-0.3, -0.25) is 4.79 Å². The molecule has 0 aliphatic heterocycles. The van der Waals surface area contributed by atoms with E-state index in [-0.39, 0.29) is 6.61 Å². The first kappa shape index (κ1) is 12.2. The molecule has 0 bridgehead atoms. The summed E-state index contributed by atoms with van der Waals surface area (Å²) in [5.41, 5.74) is 0.715. The smallest absolute Gasteiger partial charge is 0.293 e. The summed E-state index contributed by atoms with van der Waals surface area (Å²) in [4.78, 5) is 10.1. The van der Waals surface area contributed by atoms with Gasteiger partial charge in [0, 0.05) is 11.6 Å². The van der Waals surface area contributed by atoms with Crippen LogP contribution in [0.4, 0.5) is 0 Å². The van der Waals surface area contributed by atoms with Gasteiger partial charge in [-0.1, -0.05) is 0 Å². The van der Waals surface area contributed by atoms with Gasteiger partial charge in [0.15, 0.2) is 11.5 Å². The fourth-order valence-electron chi connectivity index (χ4n) is 1.33.